The molecule has 1 saturated heterocycles. The zero-order valence-electron chi connectivity index (χ0n) is 11.2. The number of hydrogen-bond acceptors (Lipinski definition) is 4. The van der Waals surface area contributed by atoms with Gasteiger partial charge in [-0.15, -0.1) is 0 Å². The summed E-state index contributed by atoms with van der Waals surface area (Å²) in [4.78, 5) is 19.2. The van der Waals surface area contributed by atoms with Crippen LogP contribution in [0.25, 0.3) is 11.4 Å². The molecule has 1 atom stereocenters. The number of sulfone groups is 1. The van der Waals surface area contributed by atoms with Crippen LogP contribution in [-0.4, -0.2) is 41.8 Å². The minimum absolute atomic E-state index is 0.0310. The molecular weight excluding hydrogens is 290 g/mol. The fraction of sp³-hybridized carbons (Fsp3) is 0.286. The molecule has 1 fully saturated rings. The summed E-state index contributed by atoms with van der Waals surface area (Å²) in [5, 5.41) is 2.76. The Kier molecular flexibility index (Phi) is 3.50. The fourth-order valence-electron chi connectivity index (χ4n) is 2.38. The van der Waals surface area contributed by atoms with Gasteiger partial charge < -0.3 is 10.3 Å². The molecule has 1 aliphatic heterocycles. The van der Waals surface area contributed by atoms with Gasteiger partial charge in [0.1, 0.15) is 5.82 Å². The van der Waals surface area contributed by atoms with E-state index in [9.17, 15) is 13.2 Å². The van der Waals surface area contributed by atoms with Crippen molar-refractivity contribution in [1.82, 2.24) is 15.3 Å². The first-order valence-electron chi connectivity index (χ1n) is 6.65. The number of amides is 1. The third-order valence-corrected chi connectivity index (χ3v) is 5.25. The lowest BCUT2D eigenvalue weighted by molar-refractivity contribution is 0.0941. The molecule has 2 N–H and O–H groups in total. The number of imidazole rings is 1. The van der Waals surface area contributed by atoms with Crippen molar-refractivity contribution < 1.29 is 13.2 Å². The van der Waals surface area contributed by atoms with Gasteiger partial charge in [-0.05, 0) is 18.6 Å². The topological polar surface area (TPSA) is 91.9 Å². The Balaban J connectivity index is 1.68. The fourth-order valence-corrected chi connectivity index (χ4v) is 4.05. The van der Waals surface area contributed by atoms with Crippen LogP contribution < -0.4 is 5.32 Å². The summed E-state index contributed by atoms with van der Waals surface area (Å²) in [5.74, 6) is 0.672. The maximum absolute atomic E-state index is 12.1. The summed E-state index contributed by atoms with van der Waals surface area (Å²) in [6, 6.07) is 6.73. The largest absolute Gasteiger partial charge is 0.348 e. The molecule has 1 aromatic heterocycles. The summed E-state index contributed by atoms with van der Waals surface area (Å²) < 4.78 is 22.7. The van der Waals surface area contributed by atoms with E-state index in [-0.39, 0.29) is 23.5 Å². The van der Waals surface area contributed by atoms with Crippen molar-refractivity contribution in [3.05, 3.63) is 42.2 Å². The first-order valence-corrected chi connectivity index (χ1v) is 8.47. The summed E-state index contributed by atoms with van der Waals surface area (Å²) in [6.45, 7) is 0. The zero-order chi connectivity index (χ0) is 14.9. The Labute approximate surface area is 122 Å². The van der Waals surface area contributed by atoms with Gasteiger partial charge in [-0.2, -0.15) is 0 Å². The van der Waals surface area contributed by atoms with E-state index in [0.29, 0.717) is 12.0 Å². The predicted molar refractivity (Wildman–Crippen MR) is 78.5 cm³/mol. The van der Waals surface area contributed by atoms with Gasteiger partial charge in [0.05, 0.1) is 11.5 Å². The Morgan fingerprint density at radius 1 is 1.29 bits per heavy atom. The van der Waals surface area contributed by atoms with Gasteiger partial charge in [-0.25, -0.2) is 13.4 Å². The van der Waals surface area contributed by atoms with Crippen LogP contribution in [0.4, 0.5) is 0 Å². The normalized spacial score (nSPS) is 20.3. The number of benzene rings is 1. The second kappa shape index (κ2) is 5.33. The van der Waals surface area contributed by atoms with Crippen molar-refractivity contribution in [2.45, 2.75) is 12.5 Å². The van der Waals surface area contributed by atoms with Gasteiger partial charge in [-0.1, -0.05) is 12.1 Å². The highest BCUT2D eigenvalue weighted by molar-refractivity contribution is 7.91. The van der Waals surface area contributed by atoms with Crippen LogP contribution in [0.15, 0.2) is 36.7 Å². The third kappa shape index (κ3) is 3.13. The van der Waals surface area contributed by atoms with E-state index in [0.717, 1.165) is 11.4 Å². The van der Waals surface area contributed by atoms with Gasteiger partial charge in [0.15, 0.2) is 9.84 Å². The molecule has 0 saturated carbocycles. The van der Waals surface area contributed by atoms with E-state index in [1.165, 1.54) is 0 Å². The highest BCUT2D eigenvalue weighted by atomic mass is 32.2. The van der Waals surface area contributed by atoms with Crippen molar-refractivity contribution in [1.29, 1.82) is 0 Å². The lowest BCUT2D eigenvalue weighted by Crippen LogP contribution is -2.35. The number of aromatic amines is 1. The van der Waals surface area contributed by atoms with Crippen LogP contribution in [0.2, 0.25) is 0 Å². The zero-order valence-corrected chi connectivity index (χ0v) is 12.1. The Hall–Kier alpha value is -2.15. The first kappa shape index (κ1) is 13.8. The molecule has 0 bridgehead atoms. The van der Waals surface area contributed by atoms with Crippen LogP contribution >= 0.6 is 0 Å². The van der Waals surface area contributed by atoms with Gasteiger partial charge in [0, 0.05) is 29.6 Å². The van der Waals surface area contributed by atoms with Crippen molar-refractivity contribution in [2.24, 2.45) is 0 Å². The molecule has 1 aliphatic rings. The molecule has 0 aliphatic carbocycles. The molecule has 2 heterocycles. The highest BCUT2D eigenvalue weighted by Crippen LogP contribution is 2.16. The van der Waals surface area contributed by atoms with Crippen molar-refractivity contribution in [3.63, 3.8) is 0 Å². The standard InChI is InChI=1S/C14H15N3O3S/c18-14(17-12-5-8-21(19,20)9-12)11-3-1-10(2-4-11)13-15-6-7-16-13/h1-4,6-7,12H,5,8-9H2,(H,15,16)(H,17,18). The molecule has 1 unspecified atom stereocenters. The van der Waals surface area contributed by atoms with Gasteiger partial charge in [0.2, 0.25) is 0 Å². The summed E-state index contributed by atoms with van der Waals surface area (Å²) in [5.41, 5.74) is 1.40. The van der Waals surface area contributed by atoms with Crippen molar-refractivity contribution in [2.75, 3.05) is 11.5 Å². The average Bonchev–Trinajstić information content (AvgIpc) is 3.09. The number of H-pyrrole nitrogens is 1. The number of nitrogens with zero attached hydrogens (tertiary/aromatic N) is 1. The second-order valence-corrected chi connectivity index (χ2v) is 7.32. The number of aromatic nitrogens is 2. The molecular formula is C14H15N3O3S. The molecule has 3 rings (SSSR count). The average molecular weight is 305 g/mol. The number of rotatable bonds is 3. The van der Waals surface area contributed by atoms with E-state index < -0.39 is 9.84 Å². The lowest BCUT2D eigenvalue weighted by Gasteiger charge is -2.10. The van der Waals surface area contributed by atoms with Crippen molar-refractivity contribution >= 4 is 15.7 Å². The SMILES string of the molecule is O=C(NC1CCS(=O)(=O)C1)c1ccc(-c2ncc[nH]2)cc1. The van der Waals surface area contributed by atoms with Crippen molar-refractivity contribution in [3.8, 4) is 11.4 Å². The Bertz CT molecular complexity index is 736. The Morgan fingerprint density at radius 2 is 2.05 bits per heavy atom. The molecule has 1 amide bonds. The van der Waals surface area contributed by atoms with E-state index in [1.54, 1.807) is 36.7 Å². The van der Waals surface area contributed by atoms with Gasteiger partial charge in [-0.3, -0.25) is 4.79 Å². The maximum Gasteiger partial charge on any atom is 0.251 e. The number of carbonyl (C=O) groups is 1. The molecule has 110 valence electrons. The number of hydrogen-bond donors (Lipinski definition) is 2. The van der Waals surface area contributed by atoms with Crippen LogP contribution in [0.1, 0.15) is 16.8 Å². The molecule has 2 aromatic rings. The molecule has 1 aromatic carbocycles. The second-order valence-electron chi connectivity index (χ2n) is 5.09. The molecule has 21 heavy (non-hydrogen) atoms. The van der Waals surface area contributed by atoms with E-state index in [4.69, 9.17) is 0 Å². The molecule has 6 nitrogen and oxygen atoms in total. The van der Waals surface area contributed by atoms with Gasteiger partial charge >= 0.3 is 0 Å². The van der Waals surface area contributed by atoms with E-state index in [2.05, 4.69) is 15.3 Å². The maximum atomic E-state index is 12.1. The first-order chi connectivity index (χ1) is 10.0. The quantitative estimate of drug-likeness (QED) is 0.884. The molecule has 7 heteroatoms. The summed E-state index contributed by atoms with van der Waals surface area (Å²) >= 11 is 0. The highest BCUT2D eigenvalue weighted by Gasteiger charge is 2.29. The van der Waals surface area contributed by atoms with Crippen LogP contribution in [-0.2, 0) is 9.84 Å². The molecule has 0 radical (unpaired) electrons. The van der Waals surface area contributed by atoms with E-state index in [1.807, 2.05) is 0 Å². The smallest absolute Gasteiger partial charge is 0.251 e. The predicted octanol–water partition coefficient (Wildman–Crippen LogP) is 0.994. The van der Waals surface area contributed by atoms with Crippen LogP contribution in [0.5, 0.6) is 0 Å². The van der Waals surface area contributed by atoms with Gasteiger partial charge in [0.25, 0.3) is 5.91 Å². The van der Waals surface area contributed by atoms with Crippen LogP contribution in [0, 0.1) is 0 Å². The minimum Gasteiger partial charge on any atom is -0.348 e. The number of nitrogens with one attached hydrogen (secondary N) is 2. The number of carbonyl (C=O) groups excluding carboxylic acids is 1. The minimum atomic E-state index is -2.99. The van der Waals surface area contributed by atoms with Crippen LogP contribution in [0.3, 0.4) is 0 Å². The third-order valence-electron chi connectivity index (χ3n) is 3.49. The summed E-state index contributed by atoms with van der Waals surface area (Å²) in [6.07, 6.45) is 3.88. The van der Waals surface area contributed by atoms with E-state index >= 15 is 0 Å². The lowest BCUT2D eigenvalue weighted by atomic mass is 10.1. The summed E-state index contributed by atoms with van der Waals surface area (Å²) in [7, 11) is -2.99. The Morgan fingerprint density at radius 3 is 2.62 bits per heavy atom. The molecule has 0 spiro atoms. The monoisotopic (exact) mass is 305 g/mol.